The number of anilines is 2. The average molecular weight is 388 g/mol. The molecule has 2 aromatic heterocycles. The Kier molecular flexibility index (Phi) is 3.61. The number of hydrogen-bond acceptors (Lipinski definition) is 5. The molecule has 2 heterocycles. The molecule has 0 radical (unpaired) electrons. The van der Waals surface area contributed by atoms with Gasteiger partial charge in [-0.3, -0.25) is 4.79 Å². The van der Waals surface area contributed by atoms with E-state index < -0.39 is 0 Å². The maximum atomic E-state index is 11.8. The van der Waals surface area contributed by atoms with Crippen LogP contribution >= 0.6 is 15.9 Å². The van der Waals surface area contributed by atoms with E-state index in [1.165, 1.54) is 0 Å². The Hall–Kier alpha value is -2.61. The van der Waals surface area contributed by atoms with Crippen molar-refractivity contribution in [3.8, 4) is 11.6 Å². The van der Waals surface area contributed by atoms with Crippen molar-refractivity contribution in [1.82, 2.24) is 14.6 Å². The quantitative estimate of drug-likeness (QED) is 0.670. The molecular formula is C16H14BrN5O2. The Morgan fingerprint density at radius 2 is 2.17 bits per heavy atom. The number of hydrogen-bond donors (Lipinski definition) is 2. The minimum Gasteiger partial charge on any atom is -0.438 e. The van der Waals surface area contributed by atoms with Gasteiger partial charge in [-0.2, -0.15) is 0 Å². The van der Waals surface area contributed by atoms with Gasteiger partial charge in [0.05, 0.1) is 6.20 Å². The molecule has 8 heteroatoms. The molecule has 0 aliphatic heterocycles. The van der Waals surface area contributed by atoms with E-state index in [0.717, 1.165) is 17.3 Å². The van der Waals surface area contributed by atoms with E-state index in [1.54, 1.807) is 35.0 Å². The van der Waals surface area contributed by atoms with Gasteiger partial charge < -0.3 is 15.8 Å². The van der Waals surface area contributed by atoms with Crippen molar-refractivity contribution < 1.29 is 9.53 Å². The lowest BCUT2D eigenvalue weighted by Gasteiger charge is -2.06. The van der Waals surface area contributed by atoms with Crippen molar-refractivity contribution in [1.29, 1.82) is 0 Å². The second-order valence-electron chi connectivity index (χ2n) is 5.65. The molecule has 122 valence electrons. The Morgan fingerprint density at radius 3 is 2.92 bits per heavy atom. The molecule has 1 saturated carbocycles. The van der Waals surface area contributed by atoms with Crippen LogP contribution in [0, 0.1) is 5.92 Å². The van der Waals surface area contributed by atoms with E-state index in [9.17, 15) is 4.79 Å². The van der Waals surface area contributed by atoms with Crippen LogP contribution in [-0.2, 0) is 4.79 Å². The van der Waals surface area contributed by atoms with Crippen LogP contribution in [0.1, 0.15) is 12.8 Å². The van der Waals surface area contributed by atoms with E-state index in [4.69, 9.17) is 10.5 Å². The van der Waals surface area contributed by atoms with Gasteiger partial charge in [-0.05, 0) is 47.0 Å². The van der Waals surface area contributed by atoms with Crippen LogP contribution in [0.5, 0.6) is 11.6 Å². The molecule has 1 fully saturated rings. The van der Waals surface area contributed by atoms with Crippen molar-refractivity contribution >= 4 is 39.0 Å². The number of benzene rings is 1. The molecule has 1 aliphatic rings. The van der Waals surface area contributed by atoms with E-state index in [2.05, 4.69) is 31.3 Å². The first-order valence-electron chi connectivity index (χ1n) is 7.49. The molecule has 0 bridgehead atoms. The maximum Gasteiger partial charge on any atom is 0.237 e. The van der Waals surface area contributed by atoms with Crippen LogP contribution < -0.4 is 15.8 Å². The highest BCUT2D eigenvalue weighted by Crippen LogP contribution is 2.30. The molecule has 0 atom stereocenters. The minimum atomic E-state index is 0.0141. The number of imidazole rings is 1. The summed E-state index contributed by atoms with van der Waals surface area (Å²) in [5, 5.41) is 7.14. The number of fused-ring (bicyclic) bond motifs is 1. The number of nitrogen functional groups attached to an aromatic ring is 1. The molecule has 4 rings (SSSR count). The molecule has 7 nitrogen and oxygen atoms in total. The zero-order valence-corrected chi connectivity index (χ0v) is 14.2. The predicted molar refractivity (Wildman–Crippen MR) is 93.0 cm³/mol. The number of aromatic nitrogens is 3. The zero-order valence-electron chi connectivity index (χ0n) is 12.6. The van der Waals surface area contributed by atoms with Gasteiger partial charge in [0.2, 0.25) is 11.8 Å². The van der Waals surface area contributed by atoms with Crippen LogP contribution in [-0.4, -0.2) is 20.5 Å². The number of rotatable bonds is 4. The molecule has 3 N–H and O–H groups in total. The number of nitrogens with two attached hydrogens (primary N) is 1. The lowest BCUT2D eigenvalue weighted by atomic mass is 10.3. The normalized spacial score (nSPS) is 13.9. The number of carbonyl (C=O) groups excluding carboxylic acids is 1. The van der Waals surface area contributed by atoms with E-state index in [0.29, 0.717) is 28.8 Å². The second kappa shape index (κ2) is 5.79. The summed E-state index contributed by atoms with van der Waals surface area (Å²) in [4.78, 5) is 16.1. The molecule has 0 spiro atoms. The Balaban J connectivity index is 1.55. The molecule has 1 aromatic carbocycles. The van der Waals surface area contributed by atoms with Gasteiger partial charge in [0, 0.05) is 28.2 Å². The van der Waals surface area contributed by atoms with Crippen molar-refractivity contribution in [2.45, 2.75) is 12.8 Å². The summed E-state index contributed by atoms with van der Waals surface area (Å²) in [7, 11) is 0. The fraction of sp³-hybridized carbons (Fsp3) is 0.188. The first kappa shape index (κ1) is 14.9. The molecule has 1 amide bonds. The van der Waals surface area contributed by atoms with Crippen molar-refractivity contribution in [3.05, 3.63) is 41.0 Å². The summed E-state index contributed by atoms with van der Waals surface area (Å²) >= 11 is 3.34. The molecule has 0 unspecified atom stereocenters. The van der Waals surface area contributed by atoms with E-state index in [1.807, 2.05) is 6.07 Å². The Labute approximate surface area is 146 Å². The minimum absolute atomic E-state index is 0.0141. The number of nitrogens with zero attached hydrogens (tertiary/aromatic N) is 3. The molecule has 0 saturated heterocycles. The smallest absolute Gasteiger partial charge is 0.237 e. The Bertz CT molecular complexity index is 935. The first-order chi connectivity index (χ1) is 11.6. The number of carbonyl (C=O) groups is 1. The molecule has 1 aliphatic carbocycles. The number of amides is 1. The fourth-order valence-corrected chi connectivity index (χ4v) is 2.51. The van der Waals surface area contributed by atoms with Crippen molar-refractivity contribution in [3.63, 3.8) is 0 Å². The van der Waals surface area contributed by atoms with Gasteiger partial charge in [0.25, 0.3) is 0 Å². The third-order valence-corrected chi connectivity index (χ3v) is 4.41. The number of halogens is 1. The standard InChI is InChI=1S/C16H14BrN5O2/c17-11-4-3-10(7-12(11)18)24-15-6-5-14-19-13(8-22(14)21-15)20-16(23)9-1-2-9/h3-9H,1-2,18H2,(H,20,23). The van der Waals surface area contributed by atoms with Crippen LogP contribution in [0.2, 0.25) is 0 Å². The molecule has 24 heavy (non-hydrogen) atoms. The van der Waals surface area contributed by atoms with Gasteiger partial charge in [0.15, 0.2) is 11.5 Å². The van der Waals surface area contributed by atoms with Gasteiger partial charge in [0.1, 0.15) is 5.75 Å². The first-order valence-corrected chi connectivity index (χ1v) is 8.28. The maximum absolute atomic E-state index is 11.8. The van der Waals surface area contributed by atoms with Crippen molar-refractivity contribution in [2.24, 2.45) is 5.92 Å². The monoisotopic (exact) mass is 387 g/mol. The van der Waals surface area contributed by atoms with Gasteiger partial charge in [-0.15, -0.1) is 5.10 Å². The van der Waals surface area contributed by atoms with Crippen LogP contribution in [0.15, 0.2) is 41.0 Å². The fourth-order valence-electron chi connectivity index (χ4n) is 2.26. The van der Waals surface area contributed by atoms with Crippen LogP contribution in [0.4, 0.5) is 11.5 Å². The summed E-state index contributed by atoms with van der Waals surface area (Å²) in [6.07, 6.45) is 3.57. The second-order valence-corrected chi connectivity index (χ2v) is 6.50. The molecular weight excluding hydrogens is 374 g/mol. The van der Waals surface area contributed by atoms with Crippen LogP contribution in [0.3, 0.4) is 0 Å². The molecule has 3 aromatic rings. The Morgan fingerprint density at radius 1 is 1.33 bits per heavy atom. The lowest BCUT2D eigenvalue weighted by molar-refractivity contribution is -0.117. The van der Waals surface area contributed by atoms with Gasteiger partial charge in [-0.25, -0.2) is 9.50 Å². The summed E-state index contributed by atoms with van der Waals surface area (Å²) < 4.78 is 8.09. The number of ether oxygens (including phenoxy) is 1. The SMILES string of the molecule is Nc1cc(Oc2ccc3nc(NC(=O)C4CC4)cn3n2)ccc1Br. The van der Waals surface area contributed by atoms with Gasteiger partial charge in [-0.1, -0.05) is 0 Å². The highest BCUT2D eigenvalue weighted by molar-refractivity contribution is 9.10. The summed E-state index contributed by atoms with van der Waals surface area (Å²) in [5.41, 5.74) is 7.05. The zero-order chi connectivity index (χ0) is 16.7. The number of nitrogens with one attached hydrogen (secondary N) is 1. The van der Waals surface area contributed by atoms with Gasteiger partial charge >= 0.3 is 0 Å². The summed E-state index contributed by atoms with van der Waals surface area (Å²) in [5.74, 6) is 1.63. The third-order valence-electron chi connectivity index (χ3n) is 3.68. The topological polar surface area (TPSA) is 94.5 Å². The van der Waals surface area contributed by atoms with Crippen LogP contribution in [0.25, 0.3) is 5.65 Å². The largest absolute Gasteiger partial charge is 0.438 e. The summed E-state index contributed by atoms with van der Waals surface area (Å²) in [6, 6.07) is 8.81. The summed E-state index contributed by atoms with van der Waals surface area (Å²) in [6.45, 7) is 0. The van der Waals surface area contributed by atoms with E-state index >= 15 is 0 Å². The van der Waals surface area contributed by atoms with Crippen molar-refractivity contribution in [2.75, 3.05) is 11.1 Å². The average Bonchev–Trinajstić information content (AvgIpc) is 3.32. The van der Waals surface area contributed by atoms with E-state index in [-0.39, 0.29) is 11.8 Å². The highest BCUT2D eigenvalue weighted by Gasteiger charge is 2.30. The third kappa shape index (κ3) is 3.05. The highest BCUT2D eigenvalue weighted by atomic mass is 79.9. The lowest BCUT2D eigenvalue weighted by Crippen LogP contribution is -2.13. The predicted octanol–water partition coefficient (Wildman–Crippen LogP) is 3.21.